The van der Waals surface area contributed by atoms with Gasteiger partial charge in [-0.3, -0.25) is 14.6 Å². The fourth-order valence-corrected chi connectivity index (χ4v) is 4.36. The van der Waals surface area contributed by atoms with E-state index in [4.69, 9.17) is 5.73 Å². The molecule has 6 nitrogen and oxygen atoms in total. The summed E-state index contributed by atoms with van der Waals surface area (Å²) in [6, 6.07) is 3.84. The van der Waals surface area contributed by atoms with E-state index in [0.717, 1.165) is 41.0 Å². The van der Waals surface area contributed by atoms with Crippen molar-refractivity contribution in [3.05, 3.63) is 28.9 Å². The number of fused-ring (bicyclic) bond motifs is 3. The van der Waals surface area contributed by atoms with Gasteiger partial charge in [0, 0.05) is 41.3 Å². The molecule has 2 aliphatic rings. The summed E-state index contributed by atoms with van der Waals surface area (Å²) in [6.45, 7) is 3.17. The lowest BCUT2D eigenvalue weighted by Crippen LogP contribution is -2.43. The third kappa shape index (κ3) is 2.86. The molecular formula is C17H16N4O2S. The lowest BCUT2D eigenvalue weighted by atomic mass is 10.00. The van der Waals surface area contributed by atoms with Crippen molar-refractivity contribution in [2.45, 2.75) is 12.5 Å². The van der Waals surface area contributed by atoms with E-state index in [1.807, 2.05) is 6.07 Å². The van der Waals surface area contributed by atoms with Gasteiger partial charge in [0.1, 0.15) is 5.69 Å². The highest BCUT2D eigenvalue weighted by molar-refractivity contribution is 7.19. The summed E-state index contributed by atoms with van der Waals surface area (Å²) in [5, 5.41) is 4.01. The predicted octanol–water partition coefficient (Wildman–Crippen LogP) is 0.567. The van der Waals surface area contributed by atoms with Crippen LogP contribution in [-0.2, 0) is 4.79 Å². The van der Waals surface area contributed by atoms with Gasteiger partial charge in [-0.25, -0.2) is 0 Å². The number of nitrogens with one attached hydrogen (secondary N) is 1. The molecule has 2 amide bonds. The van der Waals surface area contributed by atoms with Crippen LogP contribution in [0.4, 0.5) is 0 Å². The molecule has 122 valence electrons. The van der Waals surface area contributed by atoms with E-state index in [2.05, 4.69) is 27.0 Å². The predicted molar refractivity (Wildman–Crippen MR) is 91.5 cm³/mol. The Morgan fingerprint density at radius 1 is 1.38 bits per heavy atom. The van der Waals surface area contributed by atoms with Crippen LogP contribution in [-0.4, -0.2) is 47.4 Å². The number of hydrogen-bond donors (Lipinski definition) is 2. The van der Waals surface area contributed by atoms with Gasteiger partial charge in [0.05, 0.1) is 4.88 Å². The summed E-state index contributed by atoms with van der Waals surface area (Å²) in [5.41, 5.74) is 5.44. The number of pyridine rings is 1. The number of hydrogen-bond acceptors (Lipinski definition) is 5. The minimum atomic E-state index is -0.660. The fourth-order valence-electron chi connectivity index (χ4n) is 3.43. The Morgan fingerprint density at radius 2 is 2.25 bits per heavy atom. The molecule has 2 aromatic rings. The van der Waals surface area contributed by atoms with Crippen LogP contribution >= 0.6 is 11.3 Å². The number of carbonyl (C=O) groups excluding carboxylic acids is 2. The van der Waals surface area contributed by atoms with Crippen LogP contribution in [0.1, 0.15) is 21.8 Å². The van der Waals surface area contributed by atoms with Crippen molar-refractivity contribution < 1.29 is 9.59 Å². The first-order valence-electron chi connectivity index (χ1n) is 7.83. The Kier molecular flexibility index (Phi) is 3.71. The Labute approximate surface area is 143 Å². The normalized spacial score (nSPS) is 24.6. The van der Waals surface area contributed by atoms with E-state index < -0.39 is 5.91 Å². The van der Waals surface area contributed by atoms with E-state index in [1.165, 1.54) is 11.3 Å². The van der Waals surface area contributed by atoms with Crippen LogP contribution in [0.2, 0.25) is 0 Å². The number of thiophene rings is 1. The fraction of sp³-hybridized carbons (Fsp3) is 0.353. The van der Waals surface area contributed by atoms with Gasteiger partial charge in [-0.15, -0.1) is 11.3 Å². The van der Waals surface area contributed by atoms with E-state index in [0.29, 0.717) is 11.6 Å². The van der Waals surface area contributed by atoms with Crippen LogP contribution < -0.4 is 11.1 Å². The molecule has 3 unspecified atom stereocenters. The average Bonchev–Trinajstić information content (AvgIpc) is 3.26. The number of rotatable bonds is 2. The minimum absolute atomic E-state index is 0.131. The minimum Gasteiger partial charge on any atom is -0.359 e. The average molecular weight is 340 g/mol. The molecule has 0 aromatic carbocycles. The first-order valence-corrected chi connectivity index (χ1v) is 8.64. The molecule has 2 bridgehead atoms. The van der Waals surface area contributed by atoms with Crippen LogP contribution in [0.3, 0.4) is 0 Å². The van der Waals surface area contributed by atoms with Crippen molar-refractivity contribution in [1.29, 1.82) is 0 Å². The zero-order valence-electron chi connectivity index (χ0n) is 12.9. The summed E-state index contributed by atoms with van der Waals surface area (Å²) in [4.78, 5) is 30.6. The Hall–Kier alpha value is -2.43. The summed E-state index contributed by atoms with van der Waals surface area (Å²) >= 11 is 1.42. The summed E-state index contributed by atoms with van der Waals surface area (Å²) in [7, 11) is 0. The van der Waals surface area contributed by atoms with Crippen molar-refractivity contribution in [2.24, 2.45) is 11.7 Å². The molecule has 3 N–H and O–H groups in total. The second-order valence-electron chi connectivity index (χ2n) is 6.22. The highest BCUT2D eigenvalue weighted by atomic mass is 32.1. The molecule has 4 heterocycles. The lowest BCUT2D eigenvalue weighted by Gasteiger charge is -2.22. The van der Waals surface area contributed by atoms with Crippen LogP contribution in [0.5, 0.6) is 0 Å². The molecule has 24 heavy (non-hydrogen) atoms. The van der Waals surface area contributed by atoms with Crippen molar-refractivity contribution >= 4 is 33.2 Å². The summed E-state index contributed by atoms with van der Waals surface area (Å²) < 4.78 is 0.917. The monoisotopic (exact) mass is 340 g/mol. The zero-order valence-corrected chi connectivity index (χ0v) is 13.7. The van der Waals surface area contributed by atoms with Crippen molar-refractivity contribution in [1.82, 2.24) is 15.2 Å². The zero-order chi connectivity index (χ0) is 16.7. The summed E-state index contributed by atoms with van der Waals surface area (Å²) in [5.74, 6) is 4.81. The van der Waals surface area contributed by atoms with Gasteiger partial charge >= 0.3 is 0 Å². The van der Waals surface area contributed by atoms with Crippen molar-refractivity contribution in [3.8, 4) is 11.8 Å². The standard InChI is InChI=1S/C17H16N4O2S/c18-16(22)2-1-12-5-11-7-19-13(6-15(11)24-12)17(23)20-14-9-21-4-3-10(14)8-21/h5-7,10,14H,3-4,8-9H2,(H2,18,22)(H,20,23). The van der Waals surface area contributed by atoms with Gasteiger partial charge in [0.25, 0.3) is 11.8 Å². The van der Waals surface area contributed by atoms with Crippen molar-refractivity contribution in [3.63, 3.8) is 0 Å². The second-order valence-corrected chi connectivity index (χ2v) is 7.30. The maximum atomic E-state index is 12.5. The largest absolute Gasteiger partial charge is 0.359 e. The number of amides is 2. The third-order valence-corrected chi connectivity index (χ3v) is 5.61. The second kappa shape index (κ2) is 5.89. The molecular weight excluding hydrogens is 324 g/mol. The maximum absolute atomic E-state index is 12.5. The quantitative estimate of drug-likeness (QED) is 0.782. The SMILES string of the molecule is NC(=O)C#Cc1cc2cnc(C(=O)NC3CN4CCC3C4)cc2s1. The number of primary amides is 1. The van der Waals surface area contributed by atoms with E-state index in [9.17, 15) is 9.59 Å². The Balaban J connectivity index is 1.53. The molecule has 0 aliphatic carbocycles. The van der Waals surface area contributed by atoms with Gasteiger partial charge in [0.2, 0.25) is 0 Å². The molecule has 2 aromatic heterocycles. The summed E-state index contributed by atoms with van der Waals surface area (Å²) in [6.07, 6.45) is 2.82. The molecule has 3 atom stereocenters. The molecule has 0 spiro atoms. The first-order chi connectivity index (χ1) is 11.6. The highest BCUT2D eigenvalue weighted by Gasteiger charge is 2.38. The smallest absolute Gasteiger partial charge is 0.293 e. The third-order valence-electron chi connectivity index (χ3n) is 4.59. The van der Waals surface area contributed by atoms with Gasteiger partial charge < -0.3 is 16.0 Å². The topological polar surface area (TPSA) is 88.3 Å². The van der Waals surface area contributed by atoms with Crippen LogP contribution in [0, 0.1) is 17.8 Å². The molecule has 7 heteroatoms. The first kappa shape index (κ1) is 15.1. The molecule has 2 aliphatic heterocycles. The highest BCUT2D eigenvalue weighted by Crippen LogP contribution is 2.28. The van der Waals surface area contributed by atoms with E-state index >= 15 is 0 Å². The Bertz CT molecular complexity index is 895. The van der Waals surface area contributed by atoms with Crippen LogP contribution in [0.15, 0.2) is 18.3 Å². The number of aromatic nitrogens is 1. The lowest BCUT2D eigenvalue weighted by molar-refractivity contribution is -0.112. The number of piperidine rings is 1. The number of nitrogens with two attached hydrogens (primary N) is 1. The number of nitrogens with zero attached hydrogens (tertiary/aromatic N) is 2. The number of carbonyl (C=O) groups is 2. The van der Waals surface area contributed by atoms with Gasteiger partial charge in [-0.2, -0.15) is 0 Å². The molecule has 2 fully saturated rings. The van der Waals surface area contributed by atoms with Gasteiger partial charge in [-0.1, -0.05) is 0 Å². The van der Waals surface area contributed by atoms with E-state index in [-0.39, 0.29) is 11.9 Å². The Morgan fingerprint density at radius 3 is 2.96 bits per heavy atom. The molecule has 0 saturated carbocycles. The van der Waals surface area contributed by atoms with E-state index in [1.54, 1.807) is 12.3 Å². The molecule has 4 rings (SSSR count). The van der Waals surface area contributed by atoms with Crippen molar-refractivity contribution in [2.75, 3.05) is 19.6 Å². The van der Waals surface area contributed by atoms with Gasteiger partial charge in [0.15, 0.2) is 0 Å². The molecule has 0 radical (unpaired) electrons. The van der Waals surface area contributed by atoms with Crippen LogP contribution in [0.25, 0.3) is 10.1 Å². The van der Waals surface area contributed by atoms with Gasteiger partial charge in [-0.05, 0) is 36.9 Å². The maximum Gasteiger partial charge on any atom is 0.293 e. The molecule has 2 saturated heterocycles.